The first-order chi connectivity index (χ1) is 9.69. The highest BCUT2D eigenvalue weighted by molar-refractivity contribution is 5.91. The Morgan fingerprint density at radius 1 is 1.45 bits per heavy atom. The smallest absolute Gasteiger partial charge is 0.361 e. The van der Waals surface area contributed by atoms with Gasteiger partial charge >= 0.3 is 12.4 Å². The van der Waals surface area contributed by atoms with Gasteiger partial charge in [0.25, 0.3) is 0 Å². The van der Waals surface area contributed by atoms with Crippen molar-refractivity contribution >= 4 is 5.97 Å². The van der Waals surface area contributed by atoms with Crippen LogP contribution < -0.4 is 14.2 Å². The molecule has 6 heteroatoms. The number of methoxy groups -OCH3 is 1. The molecule has 108 valence electrons. The second-order valence-electron chi connectivity index (χ2n) is 3.87. The largest absolute Gasteiger partial charge is 0.485 e. The molecule has 6 nitrogen and oxygen atoms in total. The van der Waals surface area contributed by atoms with Crippen LogP contribution >= 0.6 is 0 Å². The summed E-state index contributed by atoms with van der Waals surface area (Å²) in [6.07, 6.45) is 1.59. The molecule has 0 aromatic heterocycles. The molecule has 1 aromatic rings. The number of carbonyl (C=O) groups excluding carboxylic acids is 1. The lowest BCUT2D eigenvalue weighted by molar-refractivity contribution is -0.173. The molecule has 0 saturated heterocycles. The van der Waals surface area contributed by atoms with Crippen LogP contribution in [0.25, 0.3) is 0 Å². The maximum atomic E-state index is 11.6. The van der Waals surface area contributed by atoms with Crippen molar-refractivity contribution in [2.45, 2.75) is 13.4 Å². The number of hydrogen-bond donors (Lipinski definition) is 0. The van der Waals surface area contributed by atoms with E-state index in [1.807, 2.05) is 6.92 Å². The van der Waals surface area contributed by atoms with Crippen molar-refractivity contribution in [3.05, 3.63) is 30.4 Å². The third-order valence-corrected chi connectivity index (χ3v) is 2.54. The second kappa shape index (κ2) is 6.29. The first kappa shape index (κ1) is 14.2. The normalized spacial score (nSPS) is 15.8. The summed E-state index contributed by atoms with van der Waals surface area (Å²) in [6, 6.07) is 3.06. The van der Waals surface area contributed by atoms with Gasteiger partial charge in [-0.3, -0.25) is 0 Å². The number of ether oxygens (including phenoxy) is 5. The molecule has 1 aliphatic rings. The number of esters is 1. The molecule has 1 aromatic carbocycles. The Hall–Kier alpha value is -2.21. The molecule has 1 unspecified atom stereocenters. The quantitative estimate of drug-likeness (QED) is 0.587. The SMILES string of the molecule is C=CCOc1cc(C(=O)OC)cc2c1OC(OCC)O2. The van der Waals surface area contributed by atoms with E-state index < -0.39 is 12.4 Å². The molecule has 0 spiro atoms. The van der Waals surface area contributed by atoms with Gasteiger partial charge in [0, 0.05) is 0 Å². The molecule has 1 heterocycles. The second-order valence-corrected chi connectivity index (χ2v) is 3.87. The van der Waals surface area contributed by atoms with E-state index in [1.54, 1.807) is 6.08 Å². The molecular formula is C14H16O6. The fraction of sp³-hybridized carbons (Fsp3) is 0.357. The number of hydrogen-bond acceptors (Lipinski definition) is 6. The van der Waals surface area contributed by atoms with E-state index >= 15 is 0 Å². The van der Waals surface area contributed by atoms with Gasteiger partial charge < -0.3 is 23.7 Å². The van der Waals surface area contributed by atoms with Crippen molar-refractivity contribution in [3.63, 3.8) is 0 Å². The Kier molecular flexibility index (Phi) is 4.47. The summed E-state index contributed by atoms with van der Waals surface area (Å²) < 4.78 is 26.3. The van der Waals surface area contributed by atoms with Crippen LogP contribution in [0.3, 0.4) is 0 Å². The summed E-state index contributed by atoms with van der Waals surface area (Å²) in [5.74, 6) is 0.674. The Bertz CT molecular complexity index is 511. The fourth-order valence-corrected chi connectivity index (χ4v) is 1.70. The Balaban J connectivity index is 2.32. The number of rotatable bonds is 6. The zero-order valence-corrected chi connectivity index (χ0v) is 11.4. The third kappa shape index (κ3) is 2.85. The molecule has 1 atom stereocenters. The minimum absolute atomic E-state index is 0.278. The molecule has 0 saturated carbocycles. The highest BCUT2D eigenvalue weighted by atomic mass is 16.9. The van der Waals surface area contributed by atoms with Gasteiger partial charge in [0.1, 0.15) is 6.61 Å². The van der Waals surface area contributed by atoms with E-state index in [0.29, 0.717) is 29.4 Å². The number of fused-ring (bicyclic) bond motifs is 1. The van der Waals surface area contributed by atoms with E-state index in [0.717, 1.165) is 0 Å². The molecular weight excluding hydrogens is 264 g/mol. The minimum atomic E-state index is -0.839. The maximum Gasteiger partial charge on any atom is 0.361 e. The number of benzene rings is 1. The predicted octanol–water partition coefficient (Wildman–Crippen LogP) is 2.13. The Morgan fingerprint density at radius 3 is 2.90 bits per heavy atom. The summed E-state index contributed by atoms with van der Waals surface area (Å²) >= 11 is 0. The molecule has 0 radical (unpaired) electrons. The topological polar surface area (TPSA) is 63.2 Å². The van der Waals surface area contributed by atoms with Crippen molar-refractivity contribution in [2.75, 3.05) is 20.3 Å². The lowest BCUT2D eigenvalue weighted by Crippen LogP contribution is -2.21. The number of carbonyl (C=O) groups is 1. The summed E-state index contributed by atoms with van der Waals surface area (Å²) in [5, 5.41) is 0. The van der Waals surface area contributed by atoms with Gasteiger partial charge in [0.15, 0.2) is 11.5 Å². The van der Waals surface area contributed by atoms with Gasteiger partial charge in [-0.2, -0.15) is 0 Å². The molecule has 2 rings (SSSR count). The first-order valence-electron chi connectivity index (χ1n) is 6.14. The van der Waals surface area contributed by atoms with Crippen LogP contribution in [0.5, 0.6) is 17.2 Å². The summed E-state index contributed by atoms with van der Waals surface area (Å²) in [5.41, 5.74) is 0.311. The minimum Gasteiger partial charge on any atom is -0.485 e. The van der Waals surface area contributed by atoms with Gasteiger partial charge in [0.2, 0.25) is 5.75 Å². The van der Waals surface area contributed by atoms with Gasteiger partial charge in [0.05, 0.1) is 19.3 Å². The zero-order chi connectivity index (χ0) is 14.5. The zero-order valence-electron chi connectivity index (χ0n) is 11.4. The monoisotopic (exact) mass is 280 g/mol. The van der Waals surface area contributed by atoms with Crippen molar-refractivity contribution in [3.8, 4) is 17.2 Å². The van der Waals surface area contributed by atoms with Crippen molar-refractivity contribution in [2.24, 2.45) is 0 Å². The summed E-state index contributed by atoms with van der Waals surface area (Å²) in [7, 11) is 1.31. The predicted molar refractivity (Wildman–Crippen MR) is 70.1 cm³/mol. The van der Waals surface area contributed by atoms with Gasteiger partial charge in [-0.1, -0.05) is 12.7 Å². The van der Waals surface area contributed by atoms with Gasteiger partial charge in [-0.15, -0.1) is 0 Å². The van der Waals surface area contributed by atoms with Crippen LogP contribution in [-0.4, -0.2) is 32.8 Å². The fourth-order valence-electron chi connectivity index (χ4n) is 1.70. The van der Waals surface area contributed by atoms with E-state index in [2.05, 4.69) is 11.3 Å². The average molecular weight is 280 g/mol. The average Bonchev–Trinajstić information content (AvgIpc) is 2.86. The van der Waals surface area contributed by atoms with Crippen molar-refractivity contribution in [1.29, 1.82) is 0 Å². The van der Waals surface area contributed by atoms with E-state index in [9.17, 15) is 4.79 Å². The molecule has 0 N–H and O–H groups in total. The maximum absolute atomic E-state index is 11.6. The van der Waals surface area contributed by atoms with Gasteiger partial charge in [-0.25, -0.2) is 4.79 Å². The molecule has 1 aliphatic heterocycles. The van der Waals surface area contributed by atoms with Crippen LogP contribution in [0.1, 0.15) is 17.3 Å². The Morgan fingerprint density at radius 2 is 2.25 bits per heavy atom. The lowest BCUT2D eigenvalue weighted by atomic mass is 10.2. The highest BCUT2D eigenvalue weighted by Crippen LogP contribution is 2.44. The highest BCUT2D eigenvalue weighted by Gasteiger charge is 2.30. The standard InChI is InChI=1S/C14H16O6/c1-4-6-18-10-7-9(13(15)16-3)8-11-12(10)20-14(19-11)17-5-2/h4,7-8,14H,1,5-6H2,2-3H3. The first-order valence-corrected chi connectivity index (χ1v) is 6.14. The van der Waals surface area contributed by atoms with Crippen LogP contribution in [0, 0.1) is 0 Å². The Labute approximate surface area is 116 Å². The molecule has 20 heavy (non-hydrogen) atoms. The summed E-state index contributed by atoms with van der Waals surface area (Å²) in [4.78, 5) is 11.6. The van der Waals surface area contributed by atoms with Gasteiger partial charge in [-0.05, 0) is 19.1 Å². The van der Waals surface area contributed by atoms with Crippen molar-refractivity contribution in [1.82, 2.24) is 0 Å². The lowest BCUT2D eigenvalue weighted by Gasteiger charge is -2.09. The third-order valence-electron chi connectivity index (χ3n) is 2.54. The van der Waals surface area contributed by atoms with Crippen molar-refractivity contribution < 1.29 is 28.5 Å². The molecule has 0 fully saturated rings. The van der Waals surface area contributed by atoms with E-state index in [1.165, 1.54) is 19.2 Å². The molecule has 0 amide bonds. The molecule has 0 bridgehead atoms. The van der Waals surface area contributed by atoms with E-state index in [4.69, 9.17) is 18.9 Å². The summed E-state index contributed by atoms with van der Waals surface area (Å²) in [6.45, 7) is 5.27. The van der Waals surface area contributed by atoms with Crippen LogP contribution in [0.2, 0.25) is 0 Å². The van der Waals surface area contributed by atoms with Crippen LogP contribution in [0.15, 0.2) is 24.8 Å². The van der Waals surface area contributed by atoms with Crippen LogP contribution in [-0.2, 0) is 9.47 Å². The molecule has 0 aliphatic carbocycles. The van der Waals surface area contributed by atoms with E-state index in [-0.39, 0.29) is 6.61 Å². The van der Waals surface area contributed by atoms with Crippen LogP contribution in [0.4, 0.5) is 0 Å².